The first-order valence-electron chi connectivity index (χ1n) is 12.5. The lowest BCUT2D eigenvalue weighted by Crippen LogP contribution is -2.43. The molecule has 4 N–H and O–H groups in total. The van der Waals surface area contributed by atoms with Crippen molar-refractivity contribution in [1.82, 2.24) is 5.32 Å². The SMILES string of the molecule is CCCC[C@H](CC)CNC(O)c1ccc2c(c1)NC(=O)[C@H](CS(=O)(=O)Cc1cc(C)ccc1C)N2. The monoisotopic (exact) mass is 501 g/mol. The van der Waals surface area contributed by atoms with Gasteiger partial charge in [0.15, 0.2) is 9.84 Å². The average Bonchev–Trinajstić information content (AvgIpc) is 2.81. The third kappa shape index (κ3) is 7.53. The summed E-state index contributed by atoms with van der Waals surface area (Å²) >= 11 is 0. The van der Waals surface area contributed by atoms with Crippen molar-refractivity contribution in [3.8, 4) is 0 Å². The Morgan fingerprint density at radius 1 is 1.09 bits per heavy atom. The summed E-state index contributed by atoms with van der Waals surface area (Å²) in [6, 6.07) is 10.2. The molecule has 0 spiro atoms. The lowest BCUT2D eigenvalue weighted by molar-refractivity contribution is -0.116. The third-order valence-electron chi connectivity index (χ3n) is 6.71. The number of fused-ring (bicyclic) bond motifs is 1. The molecule has 2 aromatic rings. The van der Waals surface area contributed by atoms with Gasteiger partial charge in [0, 0.05) is 6.54 Å². The van der Waals surface area contributed by atoms with Crippen LogP contribution >= 0.6 is 0 Å². The van der Waals surface area contributed by atoms with Crippen molar-refractivity contribution in [1.29, 1.82) is 0 Å². The third-order valence-corrected chi connectivity index (χ3v) is 8.30. The van der Waals surface area contributed by atoms with Crippen LogP contribution in [0.25, 0.3) is 0 Å². The van der Waals surface area contributed by atoms with Gasteiger partial charge in [-0.15, -0.1) is 0 Å². The highest BCUT2D eigenvalue weighted by atomic mass is 32.2. The molecule has 2 aromatic carbocycles. The summed E-state index contributed by atoms with van der Waals surface area (Å²) in [4.78, 5) is 12.7. The van der Waals surface area contributed by atoms with Gasteiger partial charge in [-0.05, 0) is 55.0 Å². The molecule has 3 rings (SSSR count). The maximum Gasteiger partial charge on any atom is 0.247 e. The Balaban J connectivity index is 1.64. The van der Waals surface area contributed by atoms with E-state index in [9.17, 15) is 18.3 Å². The number of anilines is 2. The molecular formula is C27H39N3O4S. The molecule has 0 aliphatic carbocycles. The number of aryl methyl sites for hydroxylation is 2. The van der Waals surface area contributed by atoms with E-state index < -0.39 is 28.0 Å². The van der Waals surface area contributed by atoms with Crippen LogP contribution in [0.2, 0.25) is 0 Å². The highest BCUT2D eigenvalue weighted by molar-refractivity contribution is 7.90. The summed E-state index contributed by atoms with van der Waals surface area (Å²) in [5, 5.41) is 19.7. The minimum absolute atomic E-state index is 0.105. The molecule has 3 atom stereocenters. The number of carbonyl (C=O) groups is 1. The quantitative estimate of drug-likeness (QED) is 0.320. The van der Waals surface area contributed by atoms with E-state index in [-0.39, 0.29) is 11.5 Å². The summed E-state index contributed by atoms with van der Waals surface area (Å²) in [5.41, 5.74) is 4.50. The second kappa shape index (κ2) is 12.0. The number of hydrogen-bond acceptors (Lipinski definition) is 6. The summed E-state index contributed by atoms with van der Waals surface area (Å²) in [5.74, 6) is -0.289. The van der Waals surface area contributed by atoms with Crippen molar-refractivity contribution in [3.63, 3.8) is 0 Å². The van der Waals surface area contributed by atoms with E-state index in [1.54, 1.807) is 18.2 Å². The highest BCUT2D eigenvalue weighted by Gasteiger charge is 2.31. The number of nitrogens with one attached hydrogen (secondary N) is 3. The van der Waals surface area contributed by atoms with Crippen molar-refractivity contribution in [2.45, 2.75) is 71.4 Å². The number of hydrogen-bond donors (Lipinski definition) is 4. The molecule has 8 heteroatoms. The van der Waals surface area contributed by atoms with Gasteiger partial charge < -0.3 is 15.7 Å². The number of unbranched alkanes of at least 4 members (excludes halogenated alkanes) is 1. The van der Waals surface area contributed by atoms with Gasteiger partial charge >= 0.3 is 0 Å². The zero-order valence-electron chi connectivity index (χ0n) is 21.2. The Bertz CT molecular complexity index is 1130. The summed E-state index contributed by atoms with van der Waals surface area (Å²) < 4.78 is 25.8. The standard InChI is InChI=1S/C27H39N3O4S/c1-5-7-8-20(6-2)15-28-26(31)21-11-12-23-24(14-21)30-27(32)25(29-23)17-35(33,34)16-22-13-18(3)9-10-19(22)4/h9-14,20,25-26,28-29,31H,5-8,15-17H2,1-4H3,(H,30,32)/t20-,25-,26?/m0/s1. The van der Waals surface area contributed by atoms with Crippen molar-refractivity contribution >= 4 is 27.1 Å². The Labute approximate surface area is 209 Å². The summed E-state index contributed by atoms with van der Waals surface area (Å²) in [6.07, 6.45) is 3.67. The number of aliphatic hydroxyl groups is 1. The Hall–Kier alpha value is -2.42. The van der Waals surface area contributed by atoms with E-state index in [0.717, 1.165) is 42.5 Å². The molecule has 7 nitrogen and oxygen atoms in total. The Kier molecular flexibility index (Phi) is 9.33. The maximum absolute atomic E-state index is 12.9. The minimum atomic E-state index is -3.53. The largest absolute Gasteiger partial charge is 0.374 e. The fraction of sp³-hybridized carbons (Fsp3) is 0.519. The molecule has 1 amide bonds. The van der Waals surface area contributed by atoms with Crippen LogP contribution in [-0.2, 0) is 20.4 Å². The predicted molar refractivity (Wildman–Crippen MR) is 142 cm³/mol. The Morgan fingerprint density at radius 2 is 1.86 bits per heavy atom. The van der Waals surface area contributed by atoms with Gasteiger partial charge in [-0.2, -0.15) is 0 Å². The normalized spacial score (nSPS) is 17.3. The molecule has 0 fully saturated rings. The van der Waals surface area contributed by atoms with Crippen LogP contribution in [0.1, 0.15) is 68.0 Å². The van der Waals surface area contributed by atoms with Crippen LogP contribution in [0.15, 0.2) is 36.4 Å². The van der Waals surface area contributed by atoms with Crippen LogP contribution in [0.4, 0.5) is 11.4 Å². The molecule has 0 bridgehead atoms. The fourth-order valence-corrected chi connectivity index (χ4v) is 6.04. The van der Waals surface area contributed by atoms with Crippen LogP contribution in [0.3, 0.4) is 0 Å². The van der Waals surface area contributed by atoms with E-state index in [4.69, 9.17) is 0 Å². The number of amides is 1. The molecule has 35 heavy (non-hydrogen) atoms. The van der Waals surface area contributed by atoms with Crippen molar-refractivity contribution in [3.05, 3.63) is 58.7 Å². The number of carbonyl (C=O) groups excluding carboxylic acids is 1. The number of aliphatic hydroxyl groups excluding tert-OH is 1. The average molecular weight is 502 g/mol. The zero-order valence-corrected chi connectivity index (χ0v) is 22.0. The van der Waals surface area contributed by atoms with Gasteiger partial charge in [-0.25, -0.2) is 8.42 Å². The van der Waals surface area contributed by atoms with E-state index in [0.29, 0.717) is 22.9 Å². The number of sulfone groups is 1. The molecule has 0 saturated carbocycles. The first kappa shape index (κ1) is 27.2. The van der Waals surface area contributed by atoms with Crippen molar-refractivity contribution < 1.29 is 18.3 Å². The van der Waals surface area contributed by atoms with E-state index in [1.165, 1.54) is 6.42 Å². The topological polar surface area (TPSA) is 108 Å². The predicted octanol–water partition coefficient (Wildman–Crippen LogP) is 4.45. The zero-order chi connectivity index (χ0) is 25.6. The molecule has 1 unspecified atom stereocenters. The number of rotatable bonds is 12. The highest BCUT2D eigenvalue weighted by Crippen LogP contribution is 2.30. The van der Waals surface area contributed by atoms with E-state index in [2.05, 4.69) is 29.8 Å². The van der Waals surface area contributed by atoms with Crippen LogP contribution < -0.4 is 16.0 Å². The fourth-order valence-electron chi connectivity index (χ4n) is 4.40. The smallest absolute Gasteiger partial charge is 0.247 e. The number of benzene rings is 2. The summed E-state index contributed by atoms with van der Waals surface area (Å²) in [6.45, 7) is 8.88. The molecule has 0 aromatic heterocycles. The molecule has 192 valence electrons. The van der Waals surface area contributed by atoms with Gasteiger partial charge in [0.2, 0.25) is 5.91 Å². The Morgan fingerprint density at radius 3 is 2.57 bits per heavy atom. The maximum atomic E-state index is 12.9. The second-order valence-corrected chi connectivity index (χ2v) is 11.8. The molecule has 0 radical (unpaired) electrons. The van der Waals surface area contributed by atoms with Crippen LogP contribution in [0, 0.1) is 19.8 Å². The first-order valence-corrected chi connectivity index (χ1v) is 14.3. The van der Waals surface area contributed by atoms with Crippen molar-refractivity contribution in [2.24, 2.45) is 5.92 Å². The summed E-state index contributed by atoms with van der Waals surface area (Å²) in [7, 11) is -3.53. The lowest BCUT2D eigenvalue weighted by Gasteiger charge is -2.28. The van der Waals surface area contributed by atoms with Crippen molar-refractivity contribution in [2.75, 3.05) is 22.9 Å². The lowest BCUT2D eigenvalue weighted by atomic mass is 9.99. The molecule has 1 aliphatic heterocycles. The van der Waals surface area contributed by atoms with Gasteiger partial charge in [-0.1, -0.05) is 62.9 Å². The molecule has 1 heterocycles. The van der Waals surface area contributed by atoms with Gasteiger partial charge in [0.25, 0.3) is 0 Å². The van der Waals surface area contributed by atoms with Crippen LogP contribution in [0.5, 0.6) is 0 Å². The van der Waals surface area contributed by atoms with E-state index >= 15 is 0 Å². The first-order chi connectivity index (χ1) is 16.6. The molecular weight excluding hydrogens is 462 g/mol. The van der Waals surface area contributed by atoms with Gasteiger partial charge in [0.1, 0.15) is 12.3 Å². The molecule has 1 aliphatic rings. The molecule has 0 saturated heterocycles. The van der Waals surface area contributed by atoms with Gasteiger partial charge in [-0.3, -0.25) is 10.1 Å². The minimum Gasteiger partial charge on any atom is -0.374 e. The van der Waals surface area contributed by atoms with E-state index in [1.807, 2.05) is 32.0 Å². The van der Waals surface area contributed by atoms with Crippen LogP contribution in [-0.4, -0.2) is 37.8 Å². The van der Waals surface area contributed by atoms with Gasteiger partial charge in [0.05, 0.1) is 22.9 Å². The second-order valence-electron chi connectivity index (χ2n) is 9.70.